The van der Waals surface area contributed by atoms with Gasteiger partial charge in [-0.15, -0.1) is 10.2 Å². The molecule has 6 heteroatoms. The van der Waals surface area contributed by atoms with E-state index < -0.39 is 0 Å². The van der Waals surface area contributed by atoms with Gasteiger partial charge in [-0.25, -0.2) is 0 Å². The highest BCUT2D eigenvalue weighted by Crippen LogP contribution is 2.22. The fourth-order valence-corrected chi connectivity index (χ4v) is 2.72. The molecule has 3 rings (SSSR count). The van der Waals surface area contributed by atoms with Gasteiger partial charge in [0.2, 0.25) is 11.8 Å². The number of hydrogen-bond donors (Lipinski definition) is 1. The van der Waals surface area contributed by atoms with Gasteiger partial charge in [0.05, 0.1) is 6.54 Å². The van der Waals surface area contributed by atoms with E-state index in [1.807, 2.05) is 42.5 Å². The number of aryl methyl sites for hydroxylation is 1. The van der Waals surface area contributed by atoms with Crippen molar-refractivity contribution in [1.82, 2.24) is 15.1 Å². The summed E-state index contributed by atoms with van der Waals surface area (Å²) < 4.78 is 5.33. The molecule has 0 saturated heterocycles. The van der Waals surface area contributed by atoms with Crippen molar-refractivity contribution in [2.75, 3.05) is 13.7 Å². The zero-order valence-corrected chi connectivity index (χ0v) is 14.8. The van der Waals surface area contributed by atoms with Crippen LogP contribution in [0.15, 0.2) is 52.9 Å². The molecule has 6 nitrogen and oxygen atoms in total. The molecule has 0 fully saturated rings. The number of benzene rings is 2. The van der Waals surface area contributed by atoms with Gasteiger partial charge in [0.25, 0.3) is 5.91 Å². The smallest absolute Gasteiger partial charge is 0.254 e. The third kappa shape index (κ3) is 4.15. The van der Waals surface area contributed by atoms with Gasteiger partial charge in [0.1, 0.15) is 0 Å². The first kappa shape index (κ1) is 17.8. The molecule has 26 heavy (non-hydrogen) atoms. The van der Waals surface area contributed by atoms with Crippen molar-refractivity contribution >= 4 is 5.91 Å². The highest BCUT2D eigenvalue weighted by Gasteiger charge is 2.15. The van der Waals surface area contributed by atoms with Gasteiger partial charge >= 0.3 is 0 Å². The van der Waals surface area contributed by atoms with Crippen LogP contribution in [-0.2, 0) is 13.0 Å². The first-order chi connectivity index (χ1) is 12.6. The molecule has 0 spiro atoms. The second kappa shape index (κ2) is 7.93. The third-order valence-electron chi connectivity index (χ3n) is 4.08. The molecule has 0 bridgehead atoms. The lowest BCUT2D eigenvalue weighted by molar-refractivity contribution is 0.0772. The van der Waals surface area contributed by atoms with Crippen LogP contribution in [0, 0.1) is 6.92 Å². The lowest BCUT2D eigenvalue weighted by atomic mass is 10.0. The molecule has 0 radical (unpaired) electrons. The third-order valence-corrected chi connectivity index (χ3v) is 4.08. The van der Waals surface area contributed by atoms with Gasteiger partial charge in [0.15, 0.2) is 0 Å². The molecule has 0 unspecified atom stereocenters. The predicted molar refractivity (Wildman–Crippen MR) is 97.5 cm³/mol. The maximum Gasteiger partial charge on any atom is 0.254 e. The molecule has 0 aliphatic rings. The van der Waals surface area contributed by atoms with E-state index in [2.05, 4.69) is 10.2 Å². The molecule has 1 aromatic heterocycles. The van der Waals surface area contributed by atoms with E-state index >= 15 is 0 Å². The Balaban J connectivity index is 1.76. The molecular weight excluding hydrogens is 330 g/mol. The van der Waals surface area contributed by atoms with E-state index in [9.17, 15) is 4.79 Å². The van der Waals surface area contributed by atoms with Crippen molar-refractivity contribution in [1.29, 1.82) is 0 Å². The molecule has 1 heterocycles. The van der Waals surface area contributed by atoms with Gasteiger partial charge in [-0.1, -0.05) is 36.4 Å². The minimum atomic E-state index is -0.111. The number of hydrogen-bond acceptors (Lipinski definition) is 5. The average molecular weight is 351 g/mol. The summed E-state index contributed by atoms with van der Waals surface area (Å²) in [5.74, 6) is 0.779. The number of aromatic nitrogens is 2. The molecule has 0 aliphatic carbocycles. The van der Waals surface area contributed by atoms with Crippen molar-refractivity contribution < 1.29 is 14.3 Å². The van der Waals surface area contributed by atoms with Gasteiger partial charge in [-0.2, -0.15) is 0 Å². The predicted octanol–water partition coefficient (Wildman–Crippen LogP) is 2.85. The highest BCUT2D eigenvalue weighted by molar-refractivity contribution is 5.95. The summed E-state index contributed by atoms with van der Waals surface area (Å²) >= 11 is 0. The maximum absolute atomic E-state index is 12.7. The number of aliphatic hydroxyl groups excluding tert-OH is 1. The summed E-state index contributed by atoms with van der Waals surface area (Å²) in [5, 5.41) is 16.7. The van der Waals surface area contributed by atoms with E-state index in [0.29, 0.717) is 23.8 Å². The molecule has 1 N–H and O–H groups in total. The Kier molecular flexibility index (Phi) is 5.43. The van der Waals surface area contributed by atoms with Gasteiger partial charge in [0, 0.05) is 26.1 Å². The zero-order chi connectivity index (χ0) is 18.5. The highest BCUT2D eigenvalue weighted by atomic mass is 16.4. The summed E-state index contributed by atoms with van der Waals surface area (Å²) in [4.78, 5) is 14.2. The number of carbonyl (C=O) groups excluding carboxylic acids is 1. The van der Waals surface area contributed by atoms with E-state index in [0.717, 1.165) is 16.7 Å². The van der Waals surface area contributed by atoms with Gasteiger partial charge in [-0.05, 0) is 35.2 Å². The minimum absolute atomic E-state index is 0.111. The monoisotopic (exact) mass is 351 g/mol. The van der Waals surface area contributed by atoms with Crippen molar-refractivity contribution in [3.8, 4) is 11.1 Å². The zero-order valence-electron chi connectivity index (χ0n) is 14.8. The number of rotatable bonds is 6. The molecule has 3 aromatic rings. The second-order valence-electron chi connectivity index (χ2n) is 6.13. The molecule has 0 atom stereocenters. The van der Waals surface area contributed by atoms with Gasteiger partial charge in [-0.3, -0.25) is 4.79 Å². The standard InChI is InChI=1S/C20H21N3O3/c1-14-21-22-19(26-14)13-23(2)20(25)18-5-3-4-17(12-18)16-8-6-15(7-9-16)10-11-24/h3-9,12,24H,10-11,13H2,1-2H3. The Morgan fingerprint density at radius 1 is 1.12 bits per heavy atom. The summed E-state index contributed by atoms with van der Waals surface area (Å²) in [6.07, 6.45) is 0.638. The van der Waals surface area contributed by atoms with Crippen molar-refractivity contribution in [3.05, 3.63) is 71.4 Å². The molecule has 1 amide bonds. The first-order valence-electron chi connectivity index (χ1n) is 8.41. The van der Waals surface area contributed by atoms with E-state index in [1.54, 1.807) is 24.9 Å². The van der Waals surface area contributed by atoms with E-state index in [1.165, 1.54) is 0 Å². The summed E-state index contributed by atoms with van der Waals surface area (Å²) in [7, 11) is 1.71. The normalized spacial score (nSPS) is 10.7. The van der Waals surface area contributed by atoms with Gasteiger partial charge < -0.3 is 14.4 Å². The number of carbonyl (C=O) groups is 1. The Morgan fingerprint density at radius 2 is 1.88 bits per heavy atom. The summed E-state index contributed by atoms with van der Waals surface area (Å²) in [5.41, 5.74) is 3.67. The van der Waals surface area contributed by atoms with Crippen LogP contribution in [0.2, 0.25) is 0 Å². The maximum atomic E-state index is 12.7. The summed E-state index contributed by atoms with van der Waals surface area (Å²) in [6, 6.07) is 15.5. The average Bonchev–Trinajstić information content (AvgIpc) is 3.07. The van der Waals surface area contributed by atoms with E-state index in [-0.39, 0.29) is 19.1 Å². The van der Waals surface area contributed by atoms with Crippen LogP contribution < -0.4 is 0 Å². The largest absolute Gasteiger partial charge is 0.424 e. The first-order valence-corrected chi connectivity index (χ1v) is 8.41. The van der Waals surface area contributed by atoms with Crippen LogP contribution in [0.3, 0.4) is 0 Å². The van der Waals surface area contributed by atoms with Crippen LogP contribution in [-0.4, -0.2) is 39.8 Å². The number of amides is 1. The second-order valence-corrected chi connectivity index (χ2v) is 6.13. The topological polar surface area (TPSA) is 79.5 Å². The number of aliphatic hydroxyl groups is 1. The van der Waals surface area contributed by atoms with E-state index in [4.69, 9.17) is 9.52 Å². The fourth-order valence-electron chi connectivity index (χ4n) is 2.72. The Hall–Kier alpha value is -2.99. The van der Waals surface area contributed by atoms with Crippen LogP contribution >= 0.6 is 0 Å². The lowest BCUT2D eigenvalue weighted by Crippen LogP contribution is -2.26. The SMILES string of the molecule is Cc1nnc(CN(C)C(=O)c2cccc(-c3ccc(CCO)cc3)c2)o1. The molecule has 134 valence electrons. The van der Waals surface area contributed by atoms with Crippen LogP contribution in [0.4, 0.5) is 0 Å². The summed E-state index contributed by atoms with van der Waals surface area (Å²) in [6.45, 7) is 2.11. The van der Waals surface area contributed by atoms with Crippen LogP contribution in [0.1, 0.15) is 27.7 Å². The lowest BCUT2D eigenvalue weighted by Gasteiger charge is -2.15. The Bertz CT molecular complexity index is 887. The fraction of sp³-hybridized carbons (Fsp3) is 0.250. The molecule has 0 saturated carbocycles. The van der Waals surface area contributed by atoms with Crippen LogP contribution in [0.5, 0.6) is 0 Å². The molecular formula is C20H21N3O3. The Morgan fingerprint density at radius 3 is 2.54 bits per heavy atom. The minimum Gasteiger partial charge on any atom is -0.424 e. The Labute approximate surface area is 152 Å². The molecule has 2 aromatic carbocycles. The van der Waals surface area contributed by atoms with Crippen molar-refractivity contribution in [3.63, 3.8) is 0 Å². The number of nitrogens with zero attached hydrogens (tertiary/aromatic N) is 3. The van der Waals surface area contributed by atoms with Crippen molar-refractivity contribution in [2.45, 2.75) is 19.9 Å². The molecule has 0 aliphatic heterocycles. The van der Waals surface area contributed by atoms with Crippen molar-refractivity contribution in [2.24, 2.45) is 0 Å². The quantitative estimate of drug-likeness (QED) is 0.739. The van der Waals surface area contributed by atoms with Crippen LogP contribution in [0.25, 0.3) is 11.1 Å².